The molecule has 2 aromatic carbocycles. The van der Waals surface area contributed by atoms with Gasteiger partial charge in [0.05, 0.1) is 7.11 Å². The van der Waals surface area contributed by atoms with E-state index >= 15 is 0 Å². The number of methoxy groups -OCH3 is 1. The number of rotatable bonds is 5. The Bertz CT molecular complexity index is 599. The van der Waals surface area contributed by atoms with Crippen molar-refractivity contribution in [2.45, 2.75) is 18.9 Å². The Labute approximate surface area is 132 Å². The summed E-state index contributed by atoms with van der Waals surface area (Å²) in [5, 5.41) is 1.41. The van der Waals surface area contributed by atoms with Crippen LogP contribution in [-0.2, 0) is 11.9 Å². The Balaban J connectivity index is 2.18. The minimum Gasteiger partial charge on any atom is -0.496 e. The van der Waals surface area contributed by atoms with Crippen molar-refractivity contribution in [3.05, 3.63) is 58.1 Å². The summed E-state index contributed by atoms with van der Waals surface area (Å²) < 4.78 is 11.3. The number of ether oxygens (including phenoxy) is 2. The van der Waals surface area contributed by atoms with E-state index in [0.29, 0.717) is 17.0 Å². The SMILES string of the molecule is COc1ccc(C)cc1COc1ccc(Cl)cc1CBr. The van der Waals surface area contributed by atoms with Gasteiger partial charge >= 0.3 is 0 Å². The van der Waals surface area contributed by atoms with Gasteiger partial charge in [0.2, 0.25) is 0 Å². The van der Waals surface area contributed by atoms with E-state index in [9.17, 15) is 0 Å². The van der Waals surface area contributed by atoms with E-state index in [1.54, 1.807) is 7.11 Å². The number of hydrogen-bond donors (Lipinski definition) is 0. The fourth-order valence-corrected chi connectivity index (χ4v) is 2.60. The Morgan fingerprint density at radius 2 is 1.80 bits per heavy atom. The molecule has 0 heterocycles. The van der Waals surface area contributed by atoms with E-state index in [4.69, 9.17) is 21.1 Å². The van der Waals surface area contributed by atoms with Crippen molar-refractivity contribution in [2.75, 3.05) is 7.11 Å². The molecule has 0 aliphatic heterocycles. The van der Waals surface area contributed by atoms with Gasteiger partial charge in [0.15, 0.2) is 0 Å². The summed E-state index contributed by atoms with van der Waals surface area (Å²) in [6, 6.07) is 11.7. The van der Waals surface area contributed by atoms with E-state index in [2.05, 4.69) is 28.9 Å². The van der Waals surface area contributed by atoms with Crippen molar-refractivity contribution in [3.63, 3.8) is 0 Å². The number of halogens is 2. The van der Waals surface area contributed by atoms with E-state index in [1.807, 2.05) is 30.3 Å². The summed E-state index contributed by atoms with van der Waals surface area (Å²) in [4.78, 5) is 0. The smallest absolute Gasteiger partial charge is 0.125 e. The van der Waals surface area contributed by atoms with Crippen LogP contribution in [0.25, 0.3) is 0 Å². The van der Waals surface area contributed by atoms with Crippen molar-refractivity contribution in [1.82, 2.24) is 0 Å². The topological polar surface area (TPSA) is 18.5 Å². The lowest BCUT2D eigenvalue weighted by molar-refractivity contribution is 0.294. The molecule has 0 unspecified atom stereocenters. The van der Waals surface area contributed by atoms with Crippen LogP contribution >= 0.6 is 27.5 Å². The van der Waals surface area contributed by atoms with Crippen LogP contribution < -0.4 is 9.47 Å². The first kappa shape index (κ1) is 15.2. The molecule has 0 radical (unpaired) electrons. The maximum atomic E-state index is 5.98. The number of hydrogen-bond acceptors (Lipinski definition) is 2. The van der Waals surface area contributed by atoms with Crippen molar-refractivity contribution >= 4 is 27.5 Å². The molecule has 0 saturated carbocycles. The van der Waals surface area contributed by atoms with Crippen LogP contribution in [0, 0.1) is 6.92 Å². The zero-order valence-corrected chi connectivity index (χ0v) is 13.8. The summed E-state index contributed by atoms with van der Waals surface area (Å²) in [5.74, 6) is 1.67. The van der Waals surface area contributed by atoms with Gasteiger partial charge in [-0.05, 0) is 37.3 Å². The van der Waals surface area contributed by atoms with Crippen LogP contribution in [0.5, 0.6) is 11.5 Å². The number of alkyl halides is 1. The first-order chi connectivity index (χ1) is 9.63. The van der Waals surface area contributed by atoms with E-state index < -0.39 is 0 Å². The maximum absolute atomic E-state index is 5.98. The van der Waals surface area contributed by atoms with Crippen LogP contribution in [0.15, 0.2) is 36.4 Å². The zero-order valence-electron chi connectivity index (χ0n) is 11.5. The molecule has 0 aliphatic rings. The second-order valence-corrected chi connectivity index (χ2v) is 5.49. The highest BCUT2D eigenvalue weighted by atomic mass is 79.9. The predicted molar refractivity (Wildman–Crippen MR) is 86.1 cm³/mol. The Kier molecular flexibility index (Phi) is 5.32. The molecule has 0 spiro atoms. The van der Waals surface area contributed by atoms with Gasteiger partial charge in [-0.25, -0.2) is 0 Å². The minimum atomic E-state index is 0.465. The van der Waals surface area contributed by atoms with Crippen LogP contribution in [-0.4, -0.2) is 7.11 Å². The Hall–Kier alpha value is -1.19. The van der Waals surface area contributed by atoms with Crippen molar-refractivity contribution in [3.8, 4) is 11.5 Å². The van der Waals surface area contributed by atoms with Gasteiger partial charge in [0, 0.05) is 21.5 Å². The Morgan fingerprint density at radius 1 is 1.05 bits per heavy atom. The molecule has 20 heavy (non-hydrogen) atoms. The molecule has 2 aromatic rings. The quantitative estimate of drug-likeness (QED) is 0.692. The minimum absolute atomic E-state index is 0.465. The van der Waals surface area contributed by atoms with Crippen molar-refractivity contribution in [1.29, 1.82) is 0 Å². The van der Waals surface area contributed by atoms with E-state index in [0.717, 1.165) is 22.6 Å². The molecule has 0 aliphatic carbocycles. The predicted octanol–water partition coefficient (Wildman–Crippen LogP) is 5.13. The second-order valence-electron chi connectivity index (χ2n) is 4.49. The number of aryl methyl sites for hydroxylation is 1. The molecular weight excluding hydrogens is 340 g/mol. The van der Waals surface area contributed by atoms with Crippen molar-refractivity contribution in [2.24, 2.45) is 0 Å². The average molecular weight is 356 g/mol. The molecule has 106 valence electrons. The van der Waals surface area contributed by atoms with Crippen LogP contribution in [0.4, 0.5) is 0 Å². The molecule has 0 N–H and O–H groups in total. The summed E-state index contributed by atoms with van der Waals surface area (Å²) in [7, 11) is 1.67. The molecule has 2 rings (SSSR count). The third-order valence-corrected chi connectivity index (χ3v) is 3.82. The maximum Gasteiger partial charge on any atom is 0.125 e. The van der Waals surface area contributed by atoms with Crippen LogP contribution in [0.2, 0.25) is 5.02 Å². The molecule has 0 atom stereocenters. The third-order valence-electron chi connectivity index (χ3n) is 2.99. The van der Waals surface area contributed by atoms with Gasteiger partial charge < -0.3 is 9.47 Å². The van der Waals surface area contributed by atoms with Gasteiger partial charge in [0.25, 0.3) is 0 Å². The fraction of sp³-hybridized carbons (Fsp3) is 0.250. The van der Waals surface area contributed by atoms with Gasteiger partial charge in [-0.15, -0.1) is 0 Å². The molecule has 0 aromatic heterocycles. The first-order valence-electron chi connectivity index (χ1n) is 6.24. The van der Waals surface area contributed by atoms with E-state index in [1.165, 1.54) is 5.56 Å². The lowest BCUT2D eigenvalue weighted by Gasteiger charge is -2.13. The largest absolute Gasteiger partial charge is 0.496 e. The summed E-state index contributed by atoms with van der Waals surface area (Å²) in [6.07, 6.45) is 0. The summed E-state index contributed by atoms with van der Waals surface area (Å²) >= 11 is 9.43. The standard InChI is InChI=1S/C16H16BrClO2/c1-11-3-5-15(19-2)13(7-11)10-20-16-6-4-14(18)8-12(16)9-17/h3-8H,9-10H2,1-2H3. The molecule has 0 saturated heterocycles. The van der Waals surface area contributed by atoms with Crippen molar-refractivity contribution < 1.29 is 9.47 Å². The van der Waals surface area contributed by atoms with Gasteiger partial charge in [-0.3, -0.25) is 0 Å². The second kappa shape index (κ2) is 7.00. The van der Waals surface area contributed by atoms with Gasteiger partial charge in [0.1, 0.15) is 18.1 Å². The lowest BCUT2D eigenvalue weighted by atomic mass is 10.1. The zero-order chi connectivity index (χ0) is 14.5. The first-order valence-corrected chi connectivity index (χ1v) is 7.74. The fourth-order valence-electron chi connectivity index (χ4n) is 1.97. The Morgan fingerprint density at radius 3 is 2.50 bits per heavy atom. The number of benzene rings is 2. The highest BCUT2D eigenvalue weighted by Crippen LogP contribution is 2.27. The third kappa shape index (κ3) is 3.68. The van der Waals surface area contributed by atoms with Crippen LogP contribution in [0.1, 0.15) is 16.7 Å². The molecule has 0 amide bonds. The van der Waals surface area contributed by atoms with Crippen LogP contribution in [0.3, 0.4) is 0 Å². The average Bonchev–Trinajstić information content (AvgIpc) is 2.46. The van der Waals surface area contributed by atoms with E-state index in [-0.39, 0.29) is 0 Å². The molecule has 0 fully saturated rings. The summed E-state index contributed by atoms with van der Waals surface area (Å²) in [5.41, 5.74) is 3.24. The molecular formula is C16H16BrClO2. The highest BCUT2D eigenvalue weighted by Gasteiger charge is 2.07. The molecule has 0 bridgehead atoms. The normalized spacial score (nSPS) is 10.4. The van der Waals surface area contributed by atoms with Gasteiger partial charge in [-0.2, -0.15) is 0 Å². The molecule has 4 heteroatoms. The summed E-state index contributed by atoms with van der Waals surface area (Å²) in [6.45, 7) is 2.52. The van der Waals surface area contributed by atoms with Gasteiger partial charge in [-0.1, -0.05) is 39.2 Å². The molecule has 2 nitrogen and oxygen atoms in total. The highest BCUT2D eigenvalue weighted by molar-refractivity contribution is 9.08. The lowest BCUT2D eigenvalue weighted by Crippen LogP contribution is -2.01. The monoisotopic (exact) mass is 354 g/mol.